The Kier molecular flexibility index (Phi) is 3.59. The third-order valence-corrected chi connectivity index (χ3v) is 0.766. The molecule has 0 saturated carbocycles. The molecule has 4 nitrogen and oxygen atoms in total. The molecule has 9 heavy (non-hydrogen) atoms. The Morgan fingerprint density at radius 3 is 2.89 bits per heavy atom. The second kappa shape index (κ2) is 4.00. The first kappa shape index (κ1) is 8.07. The first-order valence-corrected chi connectivity index (χ1v) is 2.64. The van der Waals surface area contributed by atoms with Gasteiger partial charge in [-0.1, -0.05) is 0 Å². The normalized spacial score (nSPS) is 11.2. The molecule has 0 radical (unpaired) electrons. The summed E-state index contributed by atoms with van der Waals surface area (Å²) < 4.78 is 0. The summed E-state index contributed by atoms with van der Waals surface area (Å²) >= 11 is 4.18. The number of nitrogens with zero attached hydrogens (tertiary/aromatic N) is 1. The van der Waals surface area contributed by atoms with E-state index in [2.05, 4.69) is 22.7 Å². The van der Waals surface area contributed by atoms with Crippen LogP contribution >= 0.6 is 12.2 Å². The number of hydrogen-bond donors (Lipinski definition) is 2. The third-order valence-electron chi connectivity index (χ3n) is 0.674. The van der Waals surface area contributed by atoms with E-state index in [0.717, 1.165) is 0 Å². The van der Waals surface area contributed by atoms with Crippen LogP contribution in [0, 0.1) is 0 Å². The van der Waals surface area contributed by atoms with Crippen molar-refractivity contribution in [1.82, 2.24) is 5.43 Å². The lowest BCUT2D eigenvalue weighted by molar-refractivity contribution is -0.138. The van der Waals surface area contributed by atoms with E-state index in [-0.39, 0.29) is 0 Å². The van der Waals surface area contributed by atoms with E-state index in [0.29, 0.717) is 0 Å². The van der Waals surface area contributed by atoms with Gasteiger partial charge in [-0.25, -0.2) is 4.79 Å². The maximum absolute atomic E-state index is 10.0. The first-order chi connectivity index (χ1) is 4.18. The smallest absolute Gasteiger partial charge is 0.327 e. The molecule has 5 heteroatoms. The van der Waals surface area contributed by atoms with Gasteiger partial charge in [-0.3, -0.25) is 5.43 Å². The van der Waals surface area contributed by atoms with E-state index in [1.807, 2.05) is 5.16 Å². The molecule has 0 aliphatic heterocycles. The van der Waals surface area contributed by atoms with Crippen LogP contribution in [0.15, 0.2) is 5.10 Å². The Bertz CT molecular complexity index is 153. The molecule has 0 bridgehead atoms. The highest BCUT2D eigenvalue weighted by molar-refractivity contribution is 7.78. The maximum atomic E-state index is 10.0. The fraction of sp³-hybridized carbons (Fsp3) is 0.500. The molecule has 0 aromatic rings. The van der Waals surface area contributed by atoms with Gasteiger partial charge in [0.2, 0.25) is 0 Å². The van der Waals surface area contributed by atoms with Gasteiger partial charge in [0.15, 0.2) is 0 Å². The van der Waals surface area contributed by atoms with Gasteiger partial charge >= 0.3 is 5.97 Å². The lowest BCUT2D eigenvalue weighted by atomic mass is 10.4. The highest BCUT2D eigenvalue weighted by Crippen LogP contribution is 1.77. The van der Waals surface area contributed by atoms with E-state index in [4.69, 9.17) is 5.11 Å². The number of carbonyl (C=O) groups is 1. The van der Waals surface area contributed by atoms with Crippen molar-refractivity contribution >= 4 is 23.3 Å². The molecule has 0 unspecified atom stereocenters. The third kappa shape index (κ3) is 3.64. The number of rotatable bonds is 3. The molecule has 0 heterocycles. The molecule has 50 valence electrons. The van der Waals surface area contributed by atoms with Gasteiger partial charge in [-0.05, 0) is 19.1 Å². The van der Waals surface area contributed by atoms with Crippen molar-refractivity contribution in [2.24, 2.45) is 5.10 Å². The van der Waals surface area contributed by atoms with Crippen molar-refractivity contribution in [3.05, 3.63) is 0 Å². The Hall–Kier alpha value is -0.930. The van der Waals surface area contributed by atoms with Crippen LogP contribution in [0.2, 0.25) is 0 Å². The van der Waals surface area contributed by atoms with Crippen molar-refractivity contribution in [1.29, 1.82) is 0 Å². The van der Waals surface area contributed by atoms with Crippen LogP contribution in [-0.4, -0.2) is 22.3 Å². The molecular formula is C4H6N2O2S. The molecular weight excluding hydrogens is 140 g/mol. The number of hydrogen-bond acceptors (Lipinski definition) is 4. The van der Waals surface area contributed by atoms with E-state index < -0.39 is 12.0 Å². The Morgan fingerprint density at radius 2 is 2.56 bits per heavy atom. The second-order valence-corrected chi connectivity index (χ2v) is 1.57. The van der Waals surface area contributed by atoms with Crippen molar-refractivity contribution in [2.45, 2.75) is 13.0 Å². The quantitative estimate of drug-likeness (QED) is 0.336. The molecule has 0 rings (SSSR count). The molecule has 0 spiro atoms. The summed E-state index contributed by atoms with van der Waals surface area (Å²) in [6, 6.07) is -0.708. The number of carboxylic acids is 1. The zero-order chi connectivity index (χ0) is 7.28. The fourth-order valence-corrected chi connectivity index (χ4v) is 0.231. The highest BCUT2D eigenvalue weighted by Gasteiger charge is 2.06. The molecule has 0 aliphatic rings. The van der Waals surface area contributed by atoms with Crippen LogP contribution in [0.1, 0.15) is 6.92 Å². The van der Waals surface area contributed by atoms with Crippen LogP contribution in [0.5, 0.6) is 0 Å². The predicted molar refractivity (Wildman–Crippen MR) is 35.3 cm³/mol. The molecule has 0 fully saturated rings. The fourth-order valence-electron chi connectivity index (χ4n) is 0.178. The average molecular weight is 146 g/mol. The van der Waals surface area contributed by atoms with E-state index in [9.17, 15) is 4.79 Å². The maximum Gasteiger partial charge on any atom is 0.327 e. The molecule has 0 aromatic heterocycles. The largest absolute Gasteiger partial charge is 0.480 e. The molecule has 0 saturated heterocycles. The lowest BCUT2D eigenvalue weighted by Crippen LogP contribution is -2.29. The summed E-state index contributed by atoms with van der Waals surface area (Å²) in [5, 5.41) is 13.4. The van der Waals surface area contributed by atoms with Crippen molar-refractivity contribution < 1.29 is 9.90 Å². The predicted octanol–water partition coefficient (Wildman–Crippen LogP) is 0.0669. The van der Waals surface area contributed by atoms with E-state index in [1.54, 1.807) is 0 Å². The zero-order valence-corrected chi connectivity index (χ0v) is 5.60. The minimum Gasteiger partial charge on any atom is -0.480 e. The summed E-state index contributed by atoms with van der Waals surface area (Å²) in [5.41, 5.74) is 2.24. The highest BCUT2D eigenvalue weighted by atomic mass is 32.1. The standard InChI is InChI=1S/C4H6N2O2S/c1-3(4(7)8)6-5-2-9/h3,6H,1H3,(H,7,8)/t3-/m0/s1. The number of hydrazone groups is 1. The van der Waals surface area contributed by atoms with Crippen molar-refractivity contribution in [3.8, 4) is 0 Å². The monoisotopic (exact) mass is 146 g/mol. The topological polar surface area (TPSA) is 61.7 Å². The van der Waals surface area contributed by atoms with Gasteiger partial charge < -0.3 is 5.11 Å². The Balaban J connectivity index is 3.63. The number of aliphatic carboxylic acids is 1. The lowest BCUT2D eigenvalue weighted by Gasteiger charge is -2.00. The SMILES string of the molecule is C[C@H](NN=C=S)C(=O)O. The van der Waals surface area contributed by atoms with Crippen LogP contribution in [-0.2, 0) is 4.79 Å². The molecule has 0 aromatic carbocycles. The minimum atomic E-state index is -0.969. The number of nitrogens with one attached hydrogen (secondary N) is 1. The summed E-state index contributed by atoms with van der Waals surface area (Å²) in [6.45, 7) is 1.46. The molecule has 1 atom stereocenters. The van der Waals surface area contributed by atoms with Crippen molar-refractivity contribution in [2.75, 3.05) is 0 Å². The first-order valence-electron chi connectivity index (χ1n) is 2.23. The number of carboxylic acid groups (broad SMARTS) is 1. The van der Waals surface area contributed by atoms with Gasteiger partial charge in [0.1, 0.15) is 6.04 Å². The summed E-state index contributed by atoms with van der Waals surface area (Å²) in [6.07, 6.45) is 0. The van der Waals surface area contributed by atoms with E-state index >= 15 is 0 Å². The molecule has 2 N–H and O–H groups in total. The average Bonchev–Trinajstić information content (AvgIpc) is 1.82. The van der Waals surface area contributed by atoms with Gasteiger partial charge in [-0.2, -0.15) is 0 Å². The van der Waals surface area contributed by atoms with Gasteiger partial charge in [0.05, 0.1) is 5.16 Å². The van der Waals surface area contributed by atoms with Crippen molar-refractivity contribution in [3.63, 3.8) is 0 Å². The minimum absolute atomic E-state index is 0.708. The van der Waals surface area contributed by atoms with Crippen LogP contribution in [0.3, 0.4) is 0 Å². The van der Waals surface area contributed by atoms with Gasteiger partial charge in [0.25, 0.3) is 0 Å². The van der Waals surface area contributed by atoms with Crippen LogP contribution in [0.25, 0.3) is 0 Å². The van der Waals surface area contributed by atoms with Gasteiger partial charge in [0, 0.05) is 0 Å². The van der Waals surface area contributed by atoms with Gasteiger partial charge in [-0.15, -0.1) is 5.10 Å². The van der Waals surface area contributed by atoms with Crippen LogP contribution in [0.4, 0.5) is 0 Å². The summed E-state index contributed by atoms with van der Waals surface area (Å²) in [4.78, 5) is 10.0. The Morgan fingerprint density at radius 1 is 2.00 bits per heavy atom. The second-order valence-electron chi connectivity index (χ2n) is 1.39. The number of thiocarbonyl (C=S) groups is 1. The van der Waals surface area contributed by atoms with E-state index in [1.165, 1.54) is 6.92 Å². The summed E-state index contributed by atoms with van der Waals surface area (Å²) in [7, 11) is 0. The van der Waals surface area contributed by atoms with Crippen LogP contribution < -0.4 is 5.43 Å². The zero-order valence-electron chi connectivity index (χ0n) is 4.79. The Labute approximate surface area is 57.6 Å². The molecule has 0 aliphatic carbocycles. The number of isothiocyanates is 1. The molecule has 0 amide bonds. The summed E-state index contributed by atoms with van der Waals surface area (Å²) in [5.74, 6) is -0.969.